The molecule has 0 amide bonds. The number of rotatable bonds is 4. The van der Waals surface area contributed by atoms with Crippen molar-refractivity contribution in [1.82, 2.24) is 0 Å². The number of esters is 1. The molecule has 2 aliphatic heterocycles. The van der Waals surface area contributed by atoms with E-state index < -0.39 is 48.9 Å². The number of carbonyl (C=O) groups is 2. The molecule has 4 aliphatic rings. The van der Waals surface area contributed by atoms with Crippen LogP contribution in [0.4, 0.5) is 0 Å². The summed E-state index contributed by atoms with van der Waals surface area (Å²) < 4.78 is 16.8. The summed E-state index contributed by atoms with van der Waals surface area (Å²) in [6.07, 6.45) is -4.02. The molecule has 2 bridgehead atoms. The number of hydrogen-bond donors (Lipinski definition) is 4. The Morgan fingerprint density at radius 1 is 1.23 bits per heavy atom. The monoisotopic (exact) mass is 422 g/mol. The molecule has 164 valence electrons. The zero-order valence-electron chi connectivity index (χ0n) is 16.6. The van der Waals surface area contributed by atoms with Gasteiger partial charge in [0.1, 0.15) is 24.4 Å². The molecule has 2 saturated heterocycles. The van der Waals surface area contributed by atoms with Crippen molar-refractivity contribution < 1.29 is 44.2 Å². The minimum atomic E-state index is -1.56. The Morgan fingerprint density at radius 3 is 2.67 bits per heavy atom. The van der Waals surface area contributed by atoms with Crippen LogP contribution in [0.2, 0.25) is 0 Å². The molecule has 7 atom stereocenters. The predicted molar refractivity (Wildman–Crippen MR) is 101 cm³/mol. The van der Waals surface area contributed by atoms with Crippen molar-refractivity contribution in [3.8, 4) is 0 Å². The molecule has 0 aromatic heterocycles. The third-order valence-corrected chi connectivity index (χ3v) is 6.61. The average Bonchev–Trinajstić information content (AvgIpc) is 2.86. The van der Waals surface area contributed by atoms with Crippen molar-refractivity contribution in [2.75, 3.05) is 13.2 Å². The fourth-order valence-corrected chi connectivity index (χ4v) is 4.82. The van der Waals surface area contributed by atoms with Gasteiger partial charge in [-0.25, -0.2) is 4.79 Å². The van der Waals surface area contributed by atoms with Gasteiger partial charge in [-0.2, -0.15) is 0 Å². The molecular weight excluding hydrogens is 396 g/mol. The van der Waals surface area contributed by atoms with Gasteiger partial charge in [-0.1, -0.05) is 6.58 Å². The third-order valence-electron chi connectivity index (χ3n) is 6.61. The van der Waals surface area contributed by atoms with Crippen LogP contribution in [0.5, 0.6) is 0 Å². The van der Waals surface area contributed by atoms with Crippen LogP contribution in [0.3, 0.4) is 0 Å². The van der Waals surface area contributed by atoms with Gasteiger partial charge >= 0.3 is 5.97 Å². The molecule has 4 rings (SSSR count). The quantitative estimate of drug-likeness (QED) is 0.341. The van der Waals surface area contributed by atoms with Crippen molar-refractivity contribution in [3.63, 3.8) is 0 Å². The summed E-state index contributed by atoms with van der Waals surface area (Å²) in [5.74, 6) is -0.886. The van der Waals surface area contributed by atoms with E-state index in [1.54, 1.807) is 6.92 Å². The molecule has 0 aromatic carbocycles. The lowest BCUT2D eigenvalue weighted by molar-refractivity contribution is -0.299. The molecule has 9 heteroatoms. The normalized spacial score (nSPS) is 41.4. The van der Waals surface area contributed by atoms with Crippen molar-refractivity contribution >= 4 is 11.8 Å². The highest BCUT2D eigenvalue weighted by molar-refractivity contribution is 6.11. The van der Waals surface area contributed by atoms with Crippen LogP contribution in [0.1, 0.15) is 26.2 Å². The van der Waals surface area contributed by atoms with Gasteiger partial charge in [-0.15, -0.1) is 0 Å². The predicted octanol–water partition coefficient (Wildman–Crippen LogP) is -0.720. The summed E-state index contributed by atoms with van der Waals surface area (Å²) in [4.78, 5) is 25.2. The van der Waals surface area contributed by atoms with Crippen LogP contribution in [-0.2, 0) is 23.8 Å². The summed E-state index contributed by atoms with van der Waals surface area (Å²) in [6.45, 7) is 4.92. The van der Waals surface area contributed by atoms with E-state index in [0.717, 1.165) is 0 Å². The molecule has 9 nitrogen and oxygen atoms in total. The van der Waals surface area contributed by atoms with Crippen LogP contribution in [0.25, 0.3) is 0 Å². The fourth-order valence-electron chi connectivity index (χ4n) is 4.82. The maximum Gasteiger partial charge on any atom is 0.334 e. The minimum absolute atomic E-state index is 0.108. The molecule has 0 saturated carbocycles. The van der Waals surface area contributed by atoms with Crippen LogP contribution in [-0.4, -0.2) is 81.7 Å². The van der Waals surface area contributed by atoms with Crippen LogP contribution in [0.15, 0.2) is 34.9 Å². The highest BCUT2D eigenvalue weighted by Gasteiger charge is 2.55. The Kier molecular flexibility index (Phi) is 5.46. The van der Waals surface area contributed by atoms with Gasteiger partial charge in [0.2, 0.25) is 0 Å². The molecule has 2 fully saturated rings. The van der Waals surface area contributed by atoms with Crippen LogP contribution in [0, 0.1) is 5.92 Å². The summed E-state index contributed by atoms with van der Waals surface area (Å²) in [7, 11) is 0. The second-order valence-corrected chi connectivity index (χ2v) is 8.36. The Bertz CT molecular complexity index is 841. The fraction of sp³-hybridized carbons (Fsp3) is 0.619. The summed E-state index contributed by atoms with van der Waals surface area (Å²) in [5, 5.41) is 39.4. The number of allylic oxidation sites excluding steroid dienone is 1. The van der Waals surface area contributed by atoms with E-state index in [2.05, 4.69) is 6.58 Å². The molecule has 0 aromatic rings. The average molecular weight is 422 g/mol. The highest BCUT2D eigenvalue weighted by Crippen LogP contribution is 2.51. The molecular formula is C21H26O9. The van der Waals surface area contributed by atoms with E-state index in [9.17, 15) is 30.0 Å². The number of ketones is 1. The molecule has 30 heavy (non-hydrogen) atoms. The standard InChI is InChI=1S/C21H26O9/c1-9-5-13(23)15-12(4-3-11-6-21(9,15)30-19(27)10(11)2)8-28-20-18(26)17(25)16(24)14(7-22)29-20/h5,11,14,16-18,20,22,24-26H,2-4,6-8H2,1H3/t11-,14-,16-,17+,18+,20-,21+/m1/s1. The first-order chi connectivity index (χ1) is 14.2. The number of aliphatic hydroxyl groups excluding tert-OH is 4. The van der Waals surface area contributed by atoms with Gasteiger partial charge in [-0.05, 0) is 42.9 Å². The summed E-state index contributed by atoms with van der Waals surface area (Å²) in [6, 6.07) is 0. The number of fused-ring (bicyclic) bond motifs is 1. The van der Waals surface area contributed by atoms with Crippen molar-refractivity contribution in [1.29, 1.82) is 0 Å². The van der Waals surface area contributed by atoms with Crippen molar-refractivity contribution in [3.05, 3.63) is 34.9 Å². The Balaban J connectivity index is 1.61. The van der Waals surface area contributed by atoms with E-state index in [4.69, 9.17) is 14.2 Å². The lowest BCUT2D eigenvalue weighted by Gasteiger charge is -2.40. The number of aliphatic hydroxyl groups is 4. The van der Waals surface area contributed by atoms with E-state index >= 15 is 0 Å². The van der Waals surface area contributed by atoms with E-state index in [-0.39, 0.29) is 18.3 Å². The van der Waals surface area contributed by atoms with Gasteiger partial charge in [0.15, 0.2) is 17.7 Å². The lowest BCUT2D eigenvalue weighted by Crippen LogP contribution is -2.59. The second kappa shape index (κ2) is 7.67. The largest absolute Gasteiger partial charge is 0.446 e. The van der Waals surface area contributed by atoms with Gasteiger partial charge in [0, 0.05) is 17.6 Å². The molecule has 0 radical (unpaired) electrons. The lowest BCUT2D eigenvalue weighted by atomic mass is 9.78. The van der Waals surface area contributed by atoms with Gasteiger partial charge in [-0.3, -0.25) is 4.79 Å². The van der Waals surface area contributed by atoms with Gasteiger partial charge < -0.3 is 34.6 Å². The zero-order chi connectivity index (χ0) is 21.8. The number of carbonyl (C=O) groups excluding carboxylic acids is 2. The first-order valence-electron chi connectivity index (χ1n) is 9.99. The molecule has 0 unspecified atom stereocenters. The molecule has 2 aliphatic carbocycles. The van der Waals surface area contributed by atoms with Crippen molar-refractivity contribution in [2.45, 2.75) is 62.5 Å². The van der Waals surface area contributed by atoms with E-state index in [0.29, 0.717) is 41.6 Å². The van der Waals surface area contributed by atoms with Gasteiger partial charge in [0.05, 0.1) is 13.2 Å². The first kappa shape index (κ1) is 21.4. The van der Waals surface area contributed by atoms with E-state index in [1.165, 1.54) is 6.08 Å². The summed E-state index contributed by atoms with van der Waals surface area (Å²) >= 11 is 0. The Hall–Kier alpha value is -1.88. The maximum absolute atomic E-state index is 12.8. The highest BCUT2D eigenvalue weighted by atomic mass is 16.7. The van der Waals surface area contributed by atoms with E-state index in [1.807, 2.05) is 0 Å². The smallest absolute Gasteiger partial charge is 0.334 e. The van der Waals surface area contributed by atoms with Crippen LogP contribution < -0.4 is 0 Å². The minimum Gasteiger partial charge on any atom is -0.446 e. The maximum atomic E-state index is 12.8. The van der Waals surface area contributed by atoms with Gasteiger partial charge in [0.25, 0.3) is 0 Å². The number of ether oxygens (including phenoxy) is 3. The SMILES string of the molecule is C=C1C(=O)O[C@]23C[C@H]1CCC(CO[C@@H]1O[C@H](CO)[C@@H](O)[C@H](O)[C@@H]1O)=C2C(=O)C=C3C. The molecule has 2 heterocycles. The zero-order valence-corrected chi connectivity index (χ0v) is 16.6. The Morgan fingerprint density at radius 2 is 1.97 bits per heavy atom. The topological polar surface area (TPSA) is 143 Å². The summed E-state index contributed by atoms with van der Waals surface area (Å²) in [5.41, 5.74) is 0.900. The molecule has 1 spiro atoms. The Labute approximate surface area is 173 Å². The number of hydrogen-bond acceptors (Lipinski definition) is 9. The third kappa shape index (κ3) is 3.17. The van der Waals surface area contributed by atoms with Crippen LogP contribution >= 0.6 is 0 Å². The molecule has 4 N–H and O–H groups in total. The second-order valence-electron chi connectivity index (χ2n) is 8.36. The first-order valence-corrected chi connectivity index (χ1v) is 9.99. The van der Waals surface area contributed by atoms with Crippen molar-refractivity contribution in [2.24, 2.45) is 5.92 Å².